The quantitative estimate of drug-likeness (QED) is 0.165. The van der Waals surface area contributed by atoms with E-state index in [1.54, 1.807) is 25.7 Å². The van der Waals surface area contributed by atoms with Gasteiger partial charge in [0.15, 0.2) is 9.84 Å². The van der Waals surface area contributed by atoms with E-state index in [0.29, 0.717) is 25.8 Å². The maximum atomic E-state index is 14.7. The minimum Gasteiger partial charge on any atom is -0.346 e. The molecule has 5 amide bonds. The summed E-state index contributed by atoms with van der Waals surface area (Å²) >= 11 is 0. The molecular weight excluding hydrogens is 671 g/mol. The predicted molar refractivity (Wildman–Crippen MR) is 195 cm³/mol. The highest BCUT2D eigenvalue weighted by Crippen LogP contribution is 2.66. The van der Waals surface area contributed by atoms with E-state index in [1.165, 1.54) is 6.08 Å². The summed E-state index contributed by atoms with van der Waals surface area (Å²) in [6, 6.07) is -3.46. The molecule has 5 aliphatic rings. The lowest BCUT2D eigenvalue weighted by Crippen LogP contribution is -2.64. The van der Waals surface area contributed by atoms with Crippen molar-refractivity contribution < 1.29 is 32.4 Å². The third-order valence-electron chi connectivity index (χ3n) is 12.4. The Morgan fingerprint density at radius 2 is 1.55 bits per heavy atom. The van der Waals surface area contributed by atoms with E-state index in [-0.39, 0.29) is 41.4 Å². The second-order valence-corrected chi connectivity index (χ2v) is 21.1. The van der Waals surface area contributed by atoms with Gasteiger partial charge in [0.05, 0.1) is 22.1 Å². The molecule has 4 saturated carbocycles. The van der Waals surface area contributed by atoms with Crippen molar-refractivity contribution in [1.82, 2.24) is 26.2 Å². The molecule has 4 aliphatic carbocycles. The van der Waals surface area contributed by atoms with Gasteiger partial charge in [0.2, 0.25) is 17.6 Å². The van der Waals surface area contributed by atoms with Crippen molar-refractivity contribution in [3.63, 3.8) is 0 Å². The van der Waals surface area contributed by atoms with Crippen LogP contribution in [0.5, 0.6) is 0 Å². The number of hydrogen-bond donors (Lipinski definition) is 4. The van der Waals surface area contributed by atoms with Gasteiger partial charge in [0.25, 0.3) is 5.91 Å². The van der Waals surface area contributed by atoms with Crippen LogP contribution in [0.25, 0.3) is 0 Å². The molecule has 1 saturated heterocycles. The summed E-state index contributed by atoms with van der Waals surface area (Å²) in [5.41, 5.74) is -1.60. The number of ketones is 1. The van der Waals surface area contributed by atoms with Gasteiger partial charge in [-0.15, -0.1) is 6.58 Å². The molecule has 1 heterocycles. The number of rotatable bonds is 13. The molecule has 0 aromatic rings. The number of nitrogens with one attached hydrogen (secondary N) is 4. The van der Waals surface area contributed by atoms with Gasteiger partial charge >= 0.3 is 6.03 Å². The van der Waals surface area contributed by atoms with Crippen LogP contribution in [0.2, 0.25) is 0 Å². The lowest BCUT2D eigenvalue weighted by Gasteiger charge is -2.41. The lowest BCUT2D eigenvalue weighted by atomic mass is 9.83. The van der Waals surface area contributed by atoms with E-state index in [0.717, 1.165) is 57.8 Å². The highest BCUT2D eigenvalue weighted by Gasteiger charge is 2.64. The molecule has 1 aliphatic heterocycles. The number of Topliss-reactive ketones (excluding diaryl/α,β-unsaturated/α-hetero) is 1. The first-order valence-corrected chi connectivity index (χ1v) is 20.7. The zero-order chi connectivity index (χ0) is 37.6. The molecule has 1 spiro atoms. The van der Waals surface area contributed by atoms with Gasteiger partial charge in [0.1, 0.15) is 12.1 Å². The molecule has 0 aromatic carbocycles. The lowest BCUT2D eigenvalue weighted by molar-refractivity contribution is -0.144. The number of carbonyl (C=O) groups excluding carboxylic acids is 5. The van der Waals surface area contributed by atoms with Crippen LogP contribution < -0.4 is 21.3 Å². The van der Waals surface area contributed by atoms with E-state index in [9.17, 15) is 32.4 Å². The fourth-order valence-corrected chi connectivity index (χ4v) is 10.3. The minimum atomic E-state index is -3.56. The first-order valence-electron chi connectivity index (χ1n) is 19.1. The Labute approximate surface area is 304 Å². The molecule has 51 heavy (non-hydrogen) atoms. The zero-order valence-corrected chi connectivity index (χ0v) is 32.4. The summed E-state index contributed by atoms with van der Waals surface area (Å²) in [5, 5.41) is 11.4. The number of likely N-dealkylation sites (tertiary alicyclic amines) is 1. The number of carbonyl (C=O) groups is 5. The van der Waals surface area contributed by atoms with E-state index < -0.39 is 67.3 Å². The molecule has 13 heteroatoms. The number of hydrogen-bond acceptors (Lipinski definition) is 7. The van der Waals surface area contributed by atoms with Crippen LogP contribution in [-0.2, 0) is 29.0 Å². The van der Waals surface area contributed by atoms with Crippen LogP contribution in [0, 0.1) is 28.6 Å². The average molecular weight is 732 g/mol. The van der Waals surface area contributed by atoms with Crippen molar-refractivity contribution >= 4 is 39.4 Å². The Bertz CT molecular complexity index is 1500. The minimum absolute atomic E-state index is 0.0923. The van der Waals surface area contributed by atoms with Crippen LogP contribution in [0.1, 0.15) is 119 Å². The molecule has 0 bridgehead atoms. The number of amides is 5. The van der Waals surface area contributed by atoms with Crippen molar-refractivity contribution in [2.75, 3.05) is 18.8 Å². The largest absolute Gasteiger partial charge is 0.346 e. The Kier molecular flexibility index (Phi) is 11.1. The fourth-order valence-electron chi connectivity index (χ4n) is 8.83. The van der Waals surface area contributed by atoms with Crippen molar-refractivity contribution in [2.45, 2.75) is 147 Å². The summed E-state index contributed by atoms with van der Waals surface area (Å²) in [6.45, 7) is 14.7. The van der Waals surface area contributed by atoms with E-state index in [1.807, 2.05) is 20.8 Å². The number of sulfone groups is 1. The summed E-state index contributed by atoms with van der Waals surface area (Å²) in [4.78, 5) is 70.5. The summed E-state index contributed by atoms with van der Waals surface area (Å²) in [5.74, 6) is -2.18. The molecule has 0 radical (unpaired) electrons. The molecule has 0 aromatic heterocycles. The van der Waals surface area contributed by atoms with Gasteiger partial charge < -0.3 is 26.2 Å². The van der Waals surface area contributed by atoms with Gasteiger partial charge in [-0.25, -0.2) is 13.2 Å². The Hall–Kier alpha value is -2.96. The van der Waals surface area contributed by atoms with Gasteiger partial charge in [-0.3, -0.25) is 19.2 Å². The van der Waals surface area contributed by atoms with Crippen molar-refractivity contribution in [3.05, 3.63) is 12.7 Å². The van der Waals surface area contributed by atoms with Gasteiger partial charge in [-0.1, -0.05) is 59.0 Å². The Morgan fingerprint density at radius 3 is 2.10 bits per heavy atom. The Balaban J connectivity index is 1.38. The summed E-state index contributed by atoms with van der Waals surface area (Å²) < 4.78 is 25.8. The summed E-state index contributed by atoms with van der Waals surface area (Å²) in [7, 11) is -3.56. The molecule has 5 fully saturated rings. The van der Waals surface area contributed by atoms with Crippen molar-refractivity contribution in [2.24, 2.45) is 28.6 Å². The molecule has 1 unspecified atom stereocenters. The standard InChI is InChI=1S/C38H61N5O7S/c1-8-20-39-32(46)29(44)27(21-24-12-13-24)40-31(45)28-25-14-17-37(18-19-37)26(25)22-43(28)33(47)30(35(2,3)4)41-34(48)42-38(15-10-9-11-16-38)23-51(49,50)36(5,6)7/h8,24-28,30H,1,9-23H2,2-7H3,(H,39,46)(H,40,45)(H2,41,42,48)/t25-,26-,27?,28-,30+/m0/s1. The smallest absolute Gasteiger partial charge is 0.315 e. The highest BCUT2D eigenvalue weighted by atomic mass is 32.2. The third-order valence-corrected chi connectivity index (χ3v) is 15.2. The maximum Gasteiger partial charge on any atom is 0.315 e. The van der Waals surface area contributed by atoms with Gasteiger partial charge in [-0.2, -0.15) is 0 Å². The number of urea groups is 1. The third kappa shape index (κ3) is 8.65. The average Bonchev–Trinajstić information content (AvgIpc) is 3.95. The maximum absolute atomic E-state index is 14.7. The van der Waals surface area contributed by atoms with Gasteiger partial charge in [-0.05, 0) is 94.3 Å². The van der Waals surface area contributed by atoms with E-state index in [2.05, 4.69) is 27.8 Å². The zero-order valence-electron chi connectivity index (χ0n) is 31.6. The van der Waals surface area contributed by atoms with E-state index in [4.69, 9.17) is 0 Å². The molecular formula is C38H61N5O7S. The van der Waals surface area contributed by atoms with Gasteiger partial charge in [0, 0.05) is 13.1 Å². The molecule has 5 rings (SSSR count). The van der Waals surface area contributed by atoms with Crippen LogP contribution in [0.4, 0.5) is 4.79 Å². The second kappa shape index (κ2) is 14.5. The Morgan fingerprint density at radius 1 is 0.902 bits per heavy atom. The van der Waals surface area contributed by atoms with Crippen LogP contribution in [-0.4, -0.2) is 90.1 Å². The summed E-state index contributed by atoms with van der Waals surface area (Å²) in [6.07, 6.45) is 11.2. The van der Waals surface area contributed by atoms with Crippen molar-refractivity contribution in [3.8, 4) is 0 Å². The monoisotopic (exact) mass is 731 g/mol. The van der Waals surface area contributed by atoms with E-state index >= 15 is 0 Å². The predicted octanol–water partition coefficient (Wildman–Crippen LogP) is 3.79. The molecule has 286 valence electrons. The van der Waals surface area contributed by atoms with Crippen LogP contribution in [0.15, 0.2) is 12.7 Å². The van der Waals surface area contributed by atoms with Crippen LogP contribution in [0.3, 0.4) is 0 Å². The first-order chi connectivity index (χ1) is 23.7. The normalized spacial score (nSPS) is 26.4. The molecule has 4 N–H and O–H groups in total. The molecule has 5 atom stereocenters. The fraction of sp³-hybridized carbons (Fsp3) is 0.816. The second-order valence-electron chi connectivity index (χ2n) is 18.3. The van der Waals surface area contributed by atoms with Crippen molar-refractivity contribution in [1.29, 1.82) is 0 Å². The number of fused-ring (bicyclic) bond motifs is 2. The highest BCUT2D eigenvalue weighted by molar-refractivity contribution is 7.92. The van der Waals surface area contributed by atoms with Crippen LogP contribution >= 0.6 is 0 Å². The topological polar surface area (TPSA) is 171 Å². The number of nitrogens with zero attached hydrogens (tertiary/aromatic N) is 1. The molecule has 12 nitrogen and oxygen atoms in total. The first kappa shape index (κ1) is 39.3. The SMILES string of the molecule is C=CCNC(=O)C(=O)C(CC1CC1)NC(=O)[C@@H]1[C@H]2CCC3(CC3)[C@H]2CN1C(=O)[C@@H](NC(=O)NC1(CS(=O)(=O)C(C)(C)C)CCCCC1)C(C)(C)C.